The number of hydrogen-bond donors (Lipinski definition) is 0. The van der Waals surface area contributed by atoms with Crippen LogP contribution in [-0.2, 0) is 10.1 Å². The van der Waals surface area contributed by atoms with Crippen LogP contribution in [0.4, 0.5) is 0 Å². The summed E-state index contributed by atoms with van der Waals surface area (Å²) in [4.78, 5) is 10.9. The summed E-state index contributed by atoms with van der Waals surface area (Å²) in [5.74, 6) is 0.0269. The van der Waals surface area contributed by atoms with Gasteiger partial charge in [-0.1, -0.05) is 24.3 Å². The zero-order valence-electron chi connectivity index (χ0n) is 10.2. The van der Waals surface area contributed by atoms with Gasteiger partial charge in [-0.2, -0.15) is 8.42 Å². The van der Waals surface area contributed by atoms with E-state index in [1.54, 1.807) is 31.2 Å². The zero-order valence-corrected chi connectivity index (χ0v) is 11.1. The molecule has 4 nitrogen and oxygen atoms in total. The van der Waals surface area contributed by atoms with E-state index in [0.29, 0.717) is 6.29 Å². The molecule has 0 fully saturated rings. The third-order valence-electron chi connectivity index (χ3n) is 2.52. The van der Waals surface area contributed by atoms with Crippen molar-refractivity contribution in [1.29, 1.82) is 0 Å². The molecule has 0 aliphatic heterocycles. The zero-order chi connectivity index (χ0) is 13.9. The number of carbonyl (C=O) groups is 1. The van der Waals surface area contributed by atoms with Crippen molar-refractivity contribution < 1.29 is 17.4 Å². The second kappa shape index (κ2) is 5.24. The average molecular weight is 276 g/mol. The van der Waals surface area contributed by atoms with Gasteiger partial charge in [0.1, 0.15) is 4.90 Å². The molecule has 5 heteroatoms. The van der Waals surface area contributed by atoms with E-state index in [1.807, 2.05) is 0 Å². The molecule has 0 unspecified atom stereocenters. The lowest BCUT2D eigenvalue weighted by atomic mass is 10.2. The van der Waals surface area contributed by atoms with Gasteiger partial charge in [-0.15, -0.1) is 0 Å². The average Bonchev–Trinajstić information content (AvgIpc) is 2.39. The van der Waals surface area contributed by atoms with Crippen LogP contribution in [0.3, 0.4) is 0 Å². The molecule has 2 aromatic rings. The molecular weight excluding hydrogens is 264 g/mol. The van der Waals surface area contributed by atoms with Crippen molar-refractivity contribution in [3.05, 3.63) is 59.7 Å². The number of benzene rings is 2. The van der Waals surface area contributed by atoms with Gasteiger partial charge >= 0.3 is 10.1 Å². The number of rotatable bonds is 4. The molecule has 0 aliphatic rings. The molecule has 0 N–H and O–H groups in total. The molecule has 19 heavy (non-hydrogen) atoms. The van der Waals surface area contributed by atoms with Crippen LogP contribution in [0.15, 0.2) is 53.4 Å². The first-order valence-electron chi connectivity index (χ1n) is 5.58. The monoisotopic (exact) mass is 276 g/mol. The van der Waals surface area contributed by atoms with Gasteiger partial charge in [0, 0.05) is 0 Å². The third-order valence-corrected chi connectivity index (χ3v) is 3.75. The van der Waals surface area contributed by atoms with Crippen LogP contribution in [0, 0.1) is 6.92 Å². The molecule has 2 aromatic carbocycles. The van der Waals surface area contributed by atoms with Crippen LogP contribution in [-0.4, -0.2) is 14.7 Å². The van der Waals surface area contributed by atoms with Gasteiger partial charge in [-0.05, 0) is 36.8 Å². The third kappa shape index (κ3) is 3.00. The standard InChI is InChI=1S/C14H12O4S/c1-11-5-4-7-13(9-11)19(16,17)18-14-8-3-2-6-12(14)10-15/h2-10H,1H3. The SMILES string of the molecule is Cc1cccc(S(=O)(=O)Oc2ccccc2C=O)c1. The Morgan fingerprint density at radius 1 is 1.05 bits per heavy atom. The van der Waals surface area contributed by atoms with Crippen LogP contribution < -0.4 is 4.18 Å². The lowest BCUT2D eigenvalue weighted by Gasteiger charge is -2.08. The molecule has 0 aliphatic carbocycles. The maximum absolute atomic E-state index is 12.1. The minimum absolute atomic E-state index is 0.0269. The van der Waals surface area contributed by atoms with Crippen molar-refractivity contribution in [3.63, 3.8) is 0 Å². The first-order valence-corrected chi connectivity index (χ1v) is 6.99. The molecule has 0 saturated carbocycles. The van der Waals surface area contributed by atoms with Gasteiger partial charge in [-0.25, -0.2) is 0 Å². The number of carbonyl (C=O) groups excluding carboxylic acids is 1. The molecule has 0 amide bonds. The van der Waals surface area contributed by atoms with Crippen LogP contribution in [0.5, 0.6) is 5.75 Å². The van der Waals surface area contributed by atoms with Gasteiger partial charge in [0.05, 0.1) is 5.56 Å². The fraction of sp³-hybridized carbons (Fsp3) is 0.0714. The summed E-state index contributed by atoms with van der Waals surface area (Å²) in [5.41, 5.74) is 1.01. The van der Waals surface area contributed by atoms with E-state index in [0.717, 1.165) is 5.56 Å². The normalized spacial score (nSPS) is 11.0. The van der Waals surface area contributed by atoms with E-state index in [1.165, 1.54) is 24.3 Å². The van der Waals surface area contributed by atoms with E-state index in [4.69, 9.17) is 4.18 Å². The van der Waals surface area contributed by atoms with Crippen LogP contribution in [0.1, 0.15) is 15.9 Å². The predicted octanol–water partition coefficient (Wildman–Crippen LogP) is 2.58. The quantitative estimate of drug-likeness (QED) is 0.636. The Morgan fingerprint density at radius 3 is 2.47 bits per heavy atom. The highest BCUT2D eigenvalue weighted by molar-refractivity contribution is 7.87. The fourth-order valence-corrected chi connectivity index (χ4v) is 2.65. The number of para-hydroxylation sites is 1. The second-order valence-corrected chi connectivity index (χ2v) is 5.56. The molecule has 98 valence electrons. The molecule has 0 atom stereocenters. The van der Waals surface area contributed by atoms with E-state index in [-0.39, 0.29) is 16.2 Å². The van der Waals surface area contributed by atoms with Crippen LogP contribution >= 0.6 is 0 Å². The Morgan fingerprint density at radius 2 is 1.79 bits per heavy atom. The summed E-state index contributed by atoms with van der Waals surface area (Å²) < 4.78 is 29.2. The maximum Gasteiger partial charge on any atom is 0.339 e. The Balaban J connectivity index is 2.39. The van der Waals surface area contributed by atoms with Gasteiger partial charge in [0.2, 0.25) is 0 Å². The molecular formula is C14H12O4S. The van der Waals surface area contributed by atoms with Crippen molar-refractivity contribution in [2.24, 2.45) is 0 Å². The lowest BCUT2D eigenvalue weighted by molar-refractivity contribution is 0.112. The topological polar surface area (TPSA) is 60.4 Å². The Kier molecular flexibility index (Phi) is 3.66. The van der Waals surface area contributed by atoms with E-state index < -0.39 is 10.1 Å². The Labute approximate surface area is 111 Å². The Hall–Kier alpha value is -2.14. The molecule has 2 rings (SSSR count). The molecule has 0 heterocycles. The molecule has 0 radical (unpaired) electrons. The van der Waals surface area contributed by atoms with Gasteiger partial charge in [0.15, 0.2) is 12.0 Å². The largest absolute Gasteiger partial charge is 0.378 e. The molecule has 0 aromatic heterocycles. The summed E-state index contributed by atoms with van der Waals surface area (Å²) in [6.45, 7) is 1.79. The van der Waals surface area contributed by atoms with Gasteiger partial charge in [0.25, 0.3) is 0 Å². The molecule has 0 saturated heterocycles. The maximum atomic E-state index is 12.1. The van der Waals surface area contributed by atoms with Crippen molar-refractivity contribution in [1.82, 2.24) is 0 Å². The van der Waals surface area contributed by atoms with Crippen LogP contribution in [0.2, 0.25) is 0 Å². The van der Waals surface area contributed by atoms with Crippen molar-refractivity contribution in [2.75, 3.05) is 0 Å². The molecule has 0 bridgehead atoms. The van der Waals surface area contributed by atoms with E-state index in [9.17, 15) is 13.2 Å². The first-order chi connectivity index (χ1) is 9.03. The smallest absolute Gasteiger partial charge is 0.339 e. The summed E-state index contributed by atoms with van der Waals surface area (Å²) in [6, 6.07) is 12.6. The number of hydrogen-bond acceptors (Lipinski definition) is 4. The highest BCUT2D eigenvalue weighted by Gasteiger charge is 2.18. The summed E-state index contributed by atoms with van der Waals surface area (Å²) in [5, 5.41) is 0. The predicted molar refractivity (Wildman–Crippen MR) is 70.8 cm³/mol. The summed E-state index contributed by atoms with van der Waals surface area (Å²) in [6.07, 6.45) is 0.557. The minimum Gasteiger partial charge on any atom is -0.378 e. The molecule has 0 spiro atoms. The fourth-order valence-electron chi connectivity index (χ4n) is 1.59. The highest BCUT2D eigenvalue weighted by Crippen LogP contribution is 2.22. The van der Waals surface area contributed by atoms with Gasteiger partial charge < -0.3 is 4.18 Å². The summed E-state index contributed by atoms with van der Waals surface area (Å²) in [7, 11) is -3.93. The van der Waals surface area contributed by atoms with E-state index >= 15 is 0 Å². The minimum atomic E-state index is -3.93. The van der Waals surface area contributed by atoms with Crippen LogP contribution in [0.25, 0.3) is 0 Å². The highest BCUT2D eigenvalue weighted by atomic mass is 32.2. The first kappa shape index (κ1) is 13.3. The lowest BCUT2D eigenvalue weighted by Crippen LogP contribution is -2.11. The number of aryl methyl sites for hydroxylation is 1. The van der Waals surface area contributed by atoms with Gasteiger partial charge in [-0.3, -0.25) is 4.79 Å². The van der Waals surface area contributed by atoms with Crippen molar-refractivity contribution in [3.8, 4) is 5.75 Å². The summed E-state index contributed by atoms with van der Waals surface area (Å²) >= 11 is 0. The van der Waals surface area contributed by atoms with E-state index in [2.05, 4.69) is 0 Å². The second-order valence-electron chi connectivity index (χ2n) is 4.01. The van der Waals surface area contributed by atoms with Crippen molar-refractivity contribution >= 4 is 16.4 Å². The van der Waals surface area contributed by atoms with Crippen molar-refractivity contribution in [2.45, 2.75) is 11.8 Å². The Bertz CT molecular complexity index is 705. The number of aldehydes is 1.